The first-order valence-corrected chi connectivity index (χ1v) is 13.6. The Morgan fingerprint density at radius 2 is 1.89 bits per heavy atom. The molecule has 2 aliphatic rings. The van der Waals surface area contributed by atoms with E-state index in [1.54, 1.807) is 24.3 Å². The first-order chi connectivity index (χ1) is 16.4. The number of hydrogen-bond acceptors (Lipinski definition) is 4. The fraction of sp³-hybridized carbons (Fsp3) is 0.458. The summed E-state index contributed by atoms with van der Waals surface area (Å²) in [5.41, 5.74) is 2.18. The topological polar surface area (TPSA) is 69.7 Å². The molecule has 11 heteroatoms. The summed E-state index contributed by atoms with van der Waals surface area (Å²) >= 11 is 6.47. The second kappa shape index (κ2) is 10.1. The van der Waals surface area contributed by atoms with E-state index in [-0.39, 0.29) is 0 Å². The molecule has 35 heavy (non-hydrogen) atoms. The second-order valence-electron chi connectivity index (χ2n) is 9.12. The van der Waals surface area contributed by atoms with Crippen molar-refractivity contribution in [2.24, 2.45) is 0 Å². The second-order valence-corrected chi connectivity index (χ2v) is 11.5. The van der Waals surface area contributed by atoms with E-state index in [1.807, 2.05) is 4.90 Å². The van der Waals surface area contributed by atoms with Crippen molar-refractivity contribution < 1.29 is 26.4 Å². The SMILES string of the molecule is CS(=O)(=O)N1CCCC[C@@H]1C(=O)Nc1ccc(CN2CCc3ccc(C(F)(F)F)cc3C2)c(Cl)c1. The van der Waals surface area contributed by atoms with Gasteiger partial charge in [-0.3, -0.25) is 9.69 Å². The Morgan fingerprint density at radius 1 is 1.11 bits per heavy atom. The molecule has 1 fully saturated rings. The predicted molar refractivity (Wildman–Crippen MR) is 129 cm³/mol. The molecule has 0 radical (unpaired) electrons. The highest BCUT2D eigenvalue weighted by Crippen LogP contribution is 2.33. The summed E-state index contributed by atoms with van der Waals surface area (Å²) in [6.45, 7) is 1.85. The van der Waals surface area contributed by atoms with Crippen LogP contribution in [0.2, 0.25) is 5.02 Å². The quantitative estimate of drug-likeness (QED) is 0.611. The summed E-state index contributed by atoms with van der Waals surface area (Å²) in [5, 5.41) is 3.19. The number of nitrogens with one attached hydrogen (secondary N) is 1. The van der Waals surface area contributed by atoms with Crippen molar-refractivity contribution in [2.75, 3.05) is 24.7 Å². The fourth-order valence-corrected chi connectivity index (χ4v) is 6.08. The van der Waals surface area contributed by atoms with E-state index in [1.165, 1.54) is 10.4 Å². The maximum Gasteiger partial charge on any atom is 0.416 e. The van der Waals surface area contributed by atoms with E-state index >= 15 is 0 Å². The minimum atomic E-state index is -4.38. The van der Waals surface area contributed by atoms with Crippen LogP contribution in [-0.4, -0.2) is 48.9 Å². The van der Waals surface area contributed by atoms with Gasteiger partial charge in [-0.1, -0.05) is 30.2 Å². The van der Waals surface area contributed by atoms with Crippen LogP contribution in [-0.2, 0) is 40.5 Å². The molecular weight excluding hydrogens is 503 g/mol. The smallest absolute Gasteiger partial charge is 0.325 e. The zero-order valence-electron chi connectivity index (χ0n) is 19.2. The van der Waals surface area contributed by atoms with Crippen molar-refractivity contribution in [3.8, 4) is 0 Å². The highest BCUT2D eigenvalue weighted by molar-refractivity contribution is 7.88. The zero-order valence-corrected chi connectivity index (χ0v) is 20.8. The fourth-order valence-electron chi connectivity index (χ4n) is 4.71. The van der Waals surface area contributed by atoms with Gasteiger partial charge >= 0.3 is 6.18 Å². The Kier molecular flexibility index (Phi) is 7.47. The average Bonchev–Trinajstić information content (AvgIpc) is 2.79. The Hall–Kier alpha value is -2.14. The third-order valence-corrected chi connectivity index (χ3v) is 8.16. The van der Waals surface area contributed by atoms with Gasteiger partial charge in [0.05, 0.1) is 11.8 Å². The molecule has 2 aliphatic heterocycles. The minimum Gasteiger partial charge on any atom is -0.325 e. The lowest BCUT2D eigenvalue weighted by Gasteiger charge is -2.32. The molecule has 0 bridgehead atoms. The lowest BCUT2D eigenvalue weighted by atomic mass is 9.97. The highest BCUT2D eigenvalue weighted by Gasteiger charge is 2.34. The van der Waals surface area contributed by atoms with Crippen LogP contribution in [0.15, 0.2) is 36.4 Å². The number of halogens is 4. The number of piperidine rings is 1. The minimum absolute atomic E-state index is 0.319. The largest absolute Gasteiger partial charge is 0.416 e. The molecule has 1 atom stereocenters. The Morgan fingerprint density at radius 3 is 2.57 bits per heavy atom. The number of anilines is 1. The molecule has 1 saturated heterocycles. The maximum atomic E-state index is 13.1. The van der Waals surface area contributed by atoms with Crippen molar-refractivity contribution in [3.63, 3.8) is 0 Å². The van der Waals surface area contributed by atoms with Crippen LogP contribution >= 0.6 is 11.6 Å². The van der Waals surface area contributed by atoms with Gasteiger partial charge in [-0.25, -0.2) is 8.42 Å². The van der Waals surface area contributed by atoms with Crippen LogP contribution in [0.5, 0.6) is 0 Å². The number of nitrogens with zero attached hydrogens (tertiary/aromatic N) is 2. The van der Waals surface area contributed by atoms with E-state index in [0.29, 0.717) is 55.3 Å². The number of carbonyl (C=O) groups is 1. The van der Waals surface area contributed by atoms with Crippen LogP contribution in [0.1, 0.15) is 41.5 Å². The number of carbonyl (C=O) groups excluding carboxylic acids is 1. The molecule has 6 nitrogen and oxygen atoms in total. The Balaban J connectivity index is 1.42. The molecule has 0 spiro atoms. The van der Waals surface area contributed by atoms with Gasteiger partial charge in [0.2, 0.25) is 15.9 Å². The van der Waals surface area contributed by atoms with E-state index in [9.17, 15) is 26.4 Å². The molecule has 2 heterocycles. The molecule has 4 rings (SSSR count). The number of rotatable bonds is 5. The van der Waals surface area contributed by atoms with Gasteiger partial charge < -0.3 is 5.32 Å². The number of alkyl halides is 3. The van der Waals surface area contributed by atoms with E-state index in [4.69, 9.17) is 11.6 Å². The summed E-state index contributed by atoms with van der Waals surface area (Å²) in [6, 6.07) is 8.22. The molecule has 1 amide bonds. The van der Waals surface area contributed by atoms with Gasteiger partial charge in [0.15, 0.2) is 0 Å². The van der Waals surface area contributed by atoms with Gasteiger partial charge in [-0.05, 0) is 60.2 Å². The molecule has 0 aromatic heterocycles. The zero-order chi connectivity index (χ0) is 25.4. The summed E-state index contributed by atoms with van der Waals surface area (Å²) in [7, 11) is -3.50. The van der Waals surface area contributed by atoms with Gasteiger partial charge in [0.25, 0.3) is 0 Å². The van der Waals surface area contributed by atoms with Crippen molar-refractivity contribution in [1.82, 2.24) is 9.21 Å². The number of fused-ring (bicyclic) bond motifs is 1. The molecule has 2 aromatic carbocycles. The van der Waals surface area contributed by atoms with E-state index in [2.05, 4.69) is 5.32 Å². The number of hydrogen-bond donors (Lipinski definition) is 1. The molecular formula is C24H27ClF3N3O3S. The van der Waals surface area contributed by atoms with Gasteiger partial charge in [0.1, 0.15) is 6.04 Å². The predicted octanol–water partition coefficient (Wildman–Crippen LogP) is 4.67. The number of benzene rings is 2. The summed E-state index contributed by atoms with van der Waals surface area (Å²) in [4.78, 5) is 14.8. The van der Waals surface area contributed by atoms with Crippen molar-refractivity contribution in [1.29, 1.82) is 0 Å². The summed E-state index contributed by atoms with van der Waals surface area (Å²) in [5.74, 6) is -0.396. The third kappa shape index (κ3) is 6.17. The number of sulfonamides is 1. The van der Waals surface area contributed by atoms with Crippen LogP contribution in [0.4, 0.5) is 18.9 Å². The molecule has 0 unspecified atom stereocenters. The average molecular weight is 530 g/mol. The first-order valence-electron chi connectivity index (χ1n) is 11.4. The van der Waals surface area contributed by atoms with E-state index < -0.39 is 33.7 Å². The third-order valence-electron chi connectivity index (χ3n) is 6.52. The molecule has 0 aliphatic carbocycles. The highest BCUT2D eigenvalue weighted by atomic mass is 35.5. The summed E-state index contributed by atoms with van der Waals surface area (Å²) in [6.07, 6.45) is -0.679. The Bertz CT molecular complexity index is 1220. The van der Waals surface area contributed by atoms with Gasteiger partial charge in [-0.15, -0.1) is 0 Å². The summed E-state index contributed by atoms with van der Waals surface area (Å²) < 4.78 is 64.6. The molecule has 190 valence electrons. The normalized spacial score (nSPS) is 19.9. The van der Waals surface area contributed by atoms with Crippen LogP contribution in [0.3, 0.4) is 0 Å². The van der Waals surface area contributed by atoms with Crippen molar-refractivity contribution >= 4 is 33.2 Å². The van der Waals surface area contributed by atoms with Gasteiger partial charge in [0, 0.05) is 36.9 Å². The number of amides is 1. The molecule has 1 N–H and O–H groups in total. The monoisotopic (exact) mass is 529 g/mol. The van der Waals surface area contributed by atoms with Crippen LogP contribution in [0.25, 0.3) is 0 Å². The first kappa shape index (κ1) is 25.9. The lowest BCUT2D eigenvalue weighted by molar-refractivity contribution is -0.137. The van der Waals surface area contributed by atoms with Crippen molar-refractivity contribution in [3.05, 3.63) is 63.7 Å². The van der Waals surface area contributed by atoms with Crippen LogP contribution < -0.4 is 5.32 Å². The van der Waals surface area contributed by atoms with Crippen molar-refractivity contribution in [2.45, 2.75) is 51.0 Å². The Labute approximate surface area is 208 Å². The van der Waals surface area contributed by atoms with Crippen LogP contribution in [0, 0.1) is 0 Å². The molecule has 0 saturated carbocycles. The van der Waals surface area contributed by atoms with E-state index in [0.717, 1.165) is 36.3 Å². The maximum absolute atomic E-state index is 13.1. The van der Waals surface area contributed by atoms with Gasteiger partial charge in [-0.2, -0.15) is 17.5 Å². The molecule has 2 aromatic rings. The standard InChI is InChI=1S/C24H27ClF3N3O3S/c1-35(33,34)31-10-3-2-4-22(31)23(32)29-20-8-6-17(21(25)13-20)14-30-11-9-16-5-7-19(24(26,27)28)12-18(16)15-30/h5-8,12-13,22H,2-4,9-11,14-15H2,1H3,(H,29,32)/t22-/m1/s1. The lowest BCUT2D eigenvalue weighted by Crippen LogP contribution is -2.49.